The van der Waals surface area contributed by atoms with Crippen molar-refractivity contribution in [2.45, 2.75) is 5.60 Å². The molecule has 2 N–H and O–H groups in total. The monoisotopic (exact) mass is 150 g/mol. The van der Waals surface area contributed by atoms with Crippen LogP contribution in [0.5, 0.6) is 0 Å². The summed E-state index contributed by atoms with van der Waals surface area (Å²) in [6.07, 6.45) is 0. The molecule has 1 rings (SSSR count). The van der Waals surface area contributed by atoms with Crippen molar-refractivity contribution in [2.24, 2.45) is 5.92 Å². The second-order valence-corrected chi connectivity index (χ2v) is 2.46. The van der Waals surface area contributed by atoms with Crippen molar-refractivity contribution in [1.29, 1.82) is 0 Å². The average Bonchev–Trinajstić information content (AvgIpc) is 2.38. The number of hydrogen-bond donors (Lipinski definition) is 2. The van der Waals surface area contributed by atoms with Crippen molar-refractivity contribution < 1.29 is 15.0 Å². The van der Waals surface area contributed by atoms with Crippen molar-refractivity contribution in [3.63, 3.8) is 0 Å². The highest BCUT2D eigenvalue weighted by molar-refractivity contribution is 6.23. The van der Waals surface area contributed by atoms with E-state index < -0.39 is 18.1 Å². The summed E-state index contributed by atoms with van der Waals surface area (Å²) in [5.74, 6) is -0.792. The van der Waals surface area contributed by atoms with E-state index in [1.807, 2.05) is 0 Å². The lowest BCUT2D eigenvalue weighted by atomic mass is 10.3. The highest BCUT2D eigenvalue weighted by Crippen LogP contribution is 2.38. The molecule has 4 heteroatoms. The zero-order chi connectivity index (χ0) is 7.07. The van der Waals surface area contributed by atoms with Gasteiger partial charge in [0, 0.05) is 5.88 Å². The van der Waals surface area contributed by atoms with Gasteiger partial charge in [-0.05, 0) is 0 Å². The van der Waals surface area contributed by atoms with Crippen LogP contribution in [-0.2, 0) is 4.79 Å². The summed E-state index contributed by atoms with van der Waals surface area (Å²) in [5.41, 5.74) is -1.50. The topological polar surface area (TPSA) is 57.5 Å². The molecule has 3 nitrogen and oxygen atoms in total. The SMILES string of the molecule is O=C1C(CCl)C1(O)CO. The summed E-state index contributed by atoms with van der Waals surface area (Å²) in [4.78, 5) is 10.5. The Labute approximate surface area is 57.2 Å². The Kier molecular flexibility index (Phi) is 1.50. The molecule has 0 radical (unpaired) electrons. The Morgan fingerprint density at radius 3 is 2.44 bits per heavy atom. The summed E-state index contributed by atoms with van der Waals surface area (Å²) in [7, 11) is 0. The zero-order valence-corrected chi connectivity index (χ0v) is 5.43. The van der Waals surface area contributed by atoms with Gasteiger partial charge in [-0.3, -0.25) is 4.79 Å². The molecule has 0 spiro atoms. The first-order chi connectivity index (χ1) is 4.16. The van der Waals surface area contributed by atoms with Gasteiger partial charge in [0.2, 0.25) is 0 Å². The van der Waals surface area contributed by atoms with Crippen LogP contribution in [0, 0.1) is 5.92 Å². The van der Waals surface area contributed by atoms with E-state index in [1.165, 1.54) is 0 Å². The summed E-state index contributed by atoms with van der Waals surface area (Å²) in [6, 6.07) is 0. The largest absolute Gasteiger partial charge is 0.393 e. The Balaban J connectivity index is 2.58. The van der Waals surface area contributed by atoms with Crippen molar-refractivity contribution in [2.75, 3.05) is 12.5 Å². The molecular weight excluding hydrogens is 144 g/mol. The van der Waals surface area contributed by atoms with Gasteiger partial charge in [-0.2, -0.15) is 0 Å². The zero-order valence-electron chi connectivity index (χ0n) is 4.67. The molecule has 2 unspecified atom stereocenters. The number of aliphatic hydroxyl groups is 2. The molecule has 0 amide bonds. The molecule has 52 valence electrons. The maximum atomic E-state index is 10.5. The van der Waals surface area contributed by atoms with E-state index in [0.717, 1.165) is 0 Å². The molecule has 1 fully saturated rings. The smallest absolute Gasteiger partial charge is 0.175 e. The maximum Gasteiger partial charge on any atom is 0.175 e. The first-order valence-electron chi connectivity index (χ1n) is 2.60. The van der Waals surface area contributed by atoms with Crippen molar-refractivity contribution in [3.8, 4) is 0 Å². The van der Waals surface area contributed by atoms with Crippen LogP contribution in [0.3, 0.4) is 0 Å². The fourth-order valence-corrected chi connectivity index (χ4v) is 1.18. The van der Waals surface area contributed by atoms with Crippen molar-refractivity contribution in [3.05, 3.63) is 0 Å². The summed E-state index contributed by atoms with van der Waals surface area (Å²) < 4.78 is 0. The fourth-order valence-electron chi connectivity index (χ4n) is 0.785. The molecular formula is C5H7ClO3. The summed E-state index contributed by atoms with van der Waals surface area (Å²) in [5, 5.41) is 17.4. The standard InChI is InChI=1S/C5H7ClO3/c6-1-3-4(8)5(3,9)2-7/h3,7,9H,1-2H2. The summed E-state index contributed by atoms with van der Waals surface area (Å²) in [6.45, 7) is -0.511. The number of halogens is 1. The normalized spacial score (nSPS) is 41.2. The molecule has 0 aromatic heterocycles. The molecule has 0 aromatic rings. The minimum atomic E-state index is -1.50. The van der Waals surface area contributed by atoms with Crippen LogP contribution < -0.4 is 0 Å². The number of aliphatic hydroxyl groups excluding tert-OH is 1. The fraction of sp³-hybridized carbons (Fsp3) is 0.800. The van der Waals surface area contributed by atoms with Gasteiger partial charge in [0.1, 0.15) is 0 Å². The molecule has 1 aliphatic carbocycles. The Hall–Kier alpha value is -0.120. The molecule has 2 atom stereocenters. The lowest BCUT2D eigenvalue weighted by molar-refractivity contribution is -0.117. The Morgan fingerprint density at radius 1 is 1.78 bits per heavy atom. The summed E-state index contributed by atoms with van der Waals surface area (Å²) >= 11 is 5.26. The first kappa shape index (κ1) is 6.99. The second-order valence-electron chi connectivity index (χ2n) is 2.15. The highest BCUT2D eigenvalue weighted by atomic mass is 35.5. The predicted octanol–water partition coefficient (Wildman–Crippen LogP) is -0.853. The van der Waals surface area contributed by atoms with E-state index >= 15 is 0 Å². The molecule has 0 aromatic carbocycles. The van der Waals surface area contributed by atoms with E-state index in [9.17, 15) is 4.79 Å². The van der Waals surface area contributed by atoms with Crippen LogP contribution >= 0.6 is 11.6 Å². The molecule has 0 aliphatic heterocycles. The van der Waals surface area contributed by atoms with Crippen LogP contribution in [0.4, 0.5) is 0 Å². The molecule has 0 heterocycles. The number of rotatable bonds is 2. The van der Waals surface area contributed by atoms with Gasteiger partial charge in [-0.15, -0.1) is 11.6 Å². The predicted molar refractivity (Wildman–Crippen MR) is 31.3 cm³/mol. The van der Waals surface area contributed by atoms with E-state index in [4.69, 9.17) is 21.8 Å². The van der Waals surface area contributed by atoms with Crippen LogP contribution in [0.1, 0.15) is 0 Å². The van der Waals surface area contributed by atoms with Gasteiger partial charge in [0.15, 0.2) is 11.4 Å². The lowest BCUT2D eigenvalue weighted by Crippen LogP contribution is -2.18. The Morgan fingerprint density at radius 2 is 2.33 bits per heavy atom. The third-order valence-electron chi connectivity index (χ3n) is 1.63. The highest BCUT2D eigenvalue weighted by Gasteiger charge is 2.63. The van der Waals surface area contributed by atoms with Crippen LogP contribution in [0.2, 0.25) is 0 Å². The van der Waals surface area contributed by atoms with Gasteiger partial charge in [0.25, 0.3) is 0 Å². The molecule has 0 saturated heterocycles. The lowest BCUT2D eigenvalue weighted by Gasteiger charge is -1.97. The molecule has 9 heavy (non-hydrogen) atoms. The van der Waals surface area contributed by atoms with Crippen molar-refractivity contribution >= 4 is 17.4 Å². The third-order valence-corrected chi connectivity index (χ3v) is 1.94. The van der Waals surface area contributed by atoms with Gasteiger partial charge in [-0.1, -0.05) is 0 Å². The van der Waals surface area contributed by atoms with E-state index in [0.29, 0.717) is 0 Å². The van der Waals surface area contributed by atoms with E-state index in [2.05, 4.69) is 0 Å². The minimum absolute atomic E-state index is 0.0931. The number of carbonyl (C=O) groups is 1. The number of carbonyl (C=O) groups excluding carboxylic acids is 1. The van der Waals surface area contributed by atoms with Gasteiger partial charge < -0.3 is 10.2 Å². The van der Waals surface area contributed by atoms with Gasteiger partial charge in [0.05, 0.1) is 12.5 Å². The molecule has 1 aliphatic rings. The number of hydrogen-bond acceptors (Lipinski definition) is 3. The second kappa shape index (κ2) is 1.94. The molecule has 1 saturated carbocycles. The maximum absolute atomic E-state index is 10.5. The molecule has 0 bridgehead atoms. The van der Waals surface area contributed by atoms with Crippen LogP contribution in [0.25, 0.3) is 0 Å². The van der Waals surface area contributed by atoms with Gasteiger partial charge in [-0.25, -0.2) is 0 Å². The van der Waals surface area contributed by atoms with Gasteiger partial charge >= 0.3 is 0 Å². The first-order valence-corrected chi connectivity index (χ1v) is 3.13. The van der Waals surface area contributed by atoms with E-state index in [-0.39, 0.29) is 11.7 Å². The quantitative estimate of drug-likeness (QED) is 0.504. The van der Waals surface area contributed by atoms with Crippen LogP contribution in [-0.4, -0.2) is 34.1 Å². The average molecular weight is 151 g/mol. The number of Topliss-reactive ketones (excluding diaryl/α,β-unsaturated/α-hetero) is 1. The Bertz CT molecular complexity index is 147. The van der Waals surface area contributed by atoms with Crippen LogP contribution in [0.15, 0.2) is 0 Å². The minimum Gasteiger partial charge on any atom is -0.393 e. The number of alkyl halides is 1. The van der Waals surface area contributed by atoms with Crippen molar-refractivity contribution in [1.82, 2.24) is 0 Å². The third kappa shape index (κ3) is 0.764. The number of ketones is 1. The van der Waals surface area contributed by atoms with E-state index in [1.54, 1.807) is 0 Å².